The van der Waals surface area contributed by atoms with Crippen molar-refractivity contribution in [2.75, 3.05) is 17.1 Å². The first-order valence-electron chi connectivity index (χ1n) is 6.23. The second kappa shape index (κ2) is 6.24. The number of rotatable bonds is 5. The smallest absolute Gasteiger partial charge is 0.263 e. The Bertz CT molecular complexity index is 748. The normalized spacial score (nSPS) is 11.1. The maximum absolute atomic E-state index is 12.4. The topological polar surface area (TPSA) is 81.4 Å². The molecule has 5 nitrogen and oxygen atoms in total. The summed E-state index contributed by atoms with van der Waals surface area (Å²) in [7, 11) is -3.85. The molecule has 0 radical (unpaired) electrons. The molecule has 7 heteroatoms. The summed E-state index contributed by atoms with van der Waals surface area (Å²) in [5.41, 5.74) is 6.28. The van der Waals surface area contributed by atoms with Gasteiger partial charge in [-0.15, -0.1) is 0 Å². The molecule has 2 rings (SSSR count). The number of sulfonamides is 1. The Morgan fingerprint density at radius 1 is 1.24 bits per heavy atom. The van der Waals surface area contributed by atoms with Crippen molar-refractivity contribution in [3.05, 3.63) is 47.5 Å². The minimum Gasteiger partial charge on any atom is -0.492 e. The van der Waals surface area contributed by atoms with Crippen molar-refractivity contribution in [3.8, 4) is 5.75 Å². The molecule has 0 aliphatic carbocycles. The maximum atomic E-state index is 12.4. The first-order chi connectivity index (χ1) is 9.94. The zero-order chi connectivity index (χ0) is 15.5. The van der Waals surface area contributed by atoms with E-state index < -0.39 is 10.0 Å². The van der Waals surface area contributed by atoms with Crippen LogP contribution in [0.1, 0.15) is 6.92 Å². The number of halogens is 1. The monoisotopic (exact) mass is 326 g/mol. The fourth-order valence-electron chi connectivity index (χ4n) is 1.76. The van der Waals surface area contributed by atoms with Crippen LogP contribution in [-0.2, 0) is 10.0 Å². The molecule has 0 atom stereocenters. The third-order valence-corrected chi connectivity index (χ3v) is 4.52. The van der Waals surface area contributed by atoms with E-state index in [4.69, 9.17) is 22.1 Å². The van der Waals surface area contributed by atoms with E-state index in [1.807, 2.05) is 6.92 Å². The van der Waals surface area contributed by atoms with Gasteiger partial charge in [0.05, 0.1) is 17.3 Å². The van der Waals surface area contributed by atoms with Gasteiger partial charge in [0.15, 0.2) is 0 Å². The molecule has 0 saturated heterocycles. The lowest BCUT2D eigenvalue weighted by molar-refractivity contribution is 0.342. The van der Waals surface area contributed by atoms with E-state index in [0.29, 0.717) is 23.7 Å². The molecule has 0 fully saturated rings. The van der Waals surface area contributed by atoms with Crippen molar-refractivity contribution in [2.24, 2.45) is 0 Å². The van der Waals surface area contributed by atoms with Crippen LogP contribution in [0, 0.1) is 0 Å². The number of hydrogen-bond acceptors (Lipinski definition) is 4. The molecule has 0 amide bonds. The predicted molar refractivity (Wildman–Crippen MR) is 84.3 cm³/mol. The van der Waals surface area contributed by atoms with E-state index in [9.17, 15) is 8.42 Å². The molecule has 0 spiro atoms. The van der Waals surface area contributed by atoms with E-state index in [0.717, 1.165) is 0 Å². The van der Waals surface area contributed by atoms with Gasteiger partial charge in [-0.05, 0) is 37.3 Å². The Morgan fingerprint density at radius 3 is 2.67 bits per heavy atom. The molecule has 0 bridgehead atoms. The van der Waals surface area contributed by atoms with E-state index in [1.165, 1.54) is 18.2 Å². The fraction of sp³-hybridized carbons (Fsp3) is 0.143. The number of nitrogens with two attached hydrogens (primary N) is 1. The van der Waals surface area contributed by atoms with Gasteiger partial charge in [-0.2, -0.15) is 0 Å². The van der Waals surface area contributed by atoms with Crippen molar-refractivity contribution in [2.45, 2.75) is 11.8 Å². The number of hydrogen-bond donors (Lipinski definition) is 2. The Labute approximate surface area is 128 Å². The summed E-state index contributed by atoms with van der Waals surface area (Å²) in [6.07, 6.45) is 0. The maximum Gasteiger partial charge on any atom is 0.263 e. The van der Waals surface area contributed by atoms with Crippen molar-refractivity contribution in [1.29, 1.82) is 0 Å². The third kappa shape index (κ3) is 3.59. The van der Waals surface area contributed by atoms with Crippen LogP contribution in [0.4, 0.5) is 11.4 Å². The molecule has 0 heterocycles. The summed E-state index contributed by atoms with van der Waals surface area (Å²) in [6, 6.07) is 11.1. The largest absolute Gasteiger partial charge is 0.492 e. The standard InChI is InChI=1S/C14H15ClN2O3S/c1-2-20-13-6-4-3-5-12(13)17-21(18,19)14-9-10(16)7-8-11(14)15/h3-9,17H,2,16H2,1H3. The molecular weight excluding hydrogens is 312 g/mol. The van der Waals surface area contributed by atoms with Crippen LogP contribution in [0.15, 0.2) is 47.4 Å². The second-order valence-electron chi connectivity index (χ2n) is 4.22. The average Bonchev–Trinajstić information content (AvgIpc) is 2.43. The van der Waals surface area contributed by atoms with E-state index in [1.54, 1.807) is 24.3 Å². The summed E-state index contributed by atoms with van der Waals surface area (Å²) in [4.78, 5) is -0.0736. The number of anilines is 2. The van der Waals surface area contributed by atoms with Crippen LogP contribution < -0.4 is 15.2 Å². The Kier molecular flexibility index (Phi) is 4.59. The quantitative estimate of drug-likeness (QED) is 0.827. The van der Waals surface area contributed by atoms with Crippen LogP contribution in [0.25, 0.3) is 0 Å². The zero-order valence-electron chi connectivity index (χ0n) is 11.3. The summed E-state index contributed by atoms with van der Waals surface area (Å²) < 4.78 is 32.7. The first-order valence-corrected chi connectivity index (χ1v) is 8.10. The van der Waals surface area contributed by atoms with Gasteiger partial charge >= 0.3 is 0 Å². The highest BCUT2D eigenvalue weighted by atomic mass is 35.5. The van der Waals surface area contributed by atoms with Gasteiger partial charge in [-0.3, -0.25) is 4.72 Å². The fourth-order valence-corrected chi connectivity index (χ4v) is 3.36. The van der Waals surface area contributed by atoms with Crippen LogP contribution >= 0.6 is 11.6 Å². The van der Waals surface area contributed by atoms with Gasteiger partial charge in [0.1, 0.15) is 10.6 Å². The second-order valence-corrected chi connectivity index (χ2v) is 6.28. The van der Waals surface area contributed by atoms with Gasteiger partial charge in [0, 0.05) is 5.69 Å². The number of nitrogens with one attached hydrogen (secondary N) is 1. The molecular formula is C14H15ClN2O3S. The summed E-state index contributed by atoms with van der Waals surface area (Å²) in [5, 5.41) is 0.102. The van der Waals surface area contributed by atoms with Crippen molar-refractivity contribution in [3.63, 3.8) is 0 Å². The zero-order valence-corrected chi connectivity index (χ0v) is 12.9. The Hall–Kier alpha value is -1.92. The highest BCUT2D eigenvalue weighted by Gasteiger charge is 2.20. The number of benzene rings is 2. The molecule has 2 aromatic carbocycles. The summed E-state index contributed by atoms with van der Waals surface area (Å²) >= 11 is 5.94. The van der Waals surface area contributed by atoms with Crippen molar-refractivity contribution >= 4 is 33.0 Å². The predicted octanol–water partition coefficient (Wildman–Crippen LogP) is 3.12. The Morgan fingerprint density at radius 2 is 1.95 bits per heavy atom. The molecule has 0 saturated carbocycles. The average molecular weight is 327 g/mol. The van der Waals surface area contributed by atoms with Crippen LogP contribution in [0.2, 0.25) is 5.02 Å². The molecule has 112 valence electrons. The van der Waals surface area contributed by atoms with Gasteiger partial charge in [0.2, 0.25) is 0 Å². The van der Waals surface area contributed by atoms with E-state index in [2.05, 4.69) is 4.72 Å². The summed E-state index contributed by atoms with van der Waals surface area (Å²) in [5.74, 6) is 0.448. The lowest BCUT2D eigenvalue weighted by atomic mass is 10.3. The molecule has 0 aliphatic rings. The highest BCUT2D eigenvalue weighted by molar-refractivity contribution is 7.92. The SMILES string of the molecule is CCOc1ccccc1NS(=O)(=O)c1cc(N)ccc1Cl. The van der Waals surface area contributed by atoms with E-state index >= 15 is 0 Å². The minimum atomic E-state index is -3.85. The lowest BCUT2D eigenvalue weighted by Gasteiger charge is -2.13. The molecule has 0 unspecified atom stereocenters. The number of nitrogen functional groups attached to an aromatic ring is 1. The van der Waals surface area contributed by atoms with E-state index in [-0.39, 0.29) is 9.92 Å². The molecule has 0 aliphatic heterocycles. The summed E-state index contributed by atoms with van der Waals surface area (Å²) in [6.45, 7) is 2.25. The Balaban J connectivity index is 2.40. The van der Waals surface area contributed by atoms with Crippen LogP contribution in [-0.4, -0.2) is 15.0 Å². The highest BCUT2D eigenvalue weighted by Crippen LogP contribution is 2.29. The van der Waals surface area contributed by atoms with Gasteiger partial charge in [-0.1, -0.05) is 23.7 Å². The third-order valence-electron chi connectivity index (χ3n) is 2.68. The lowest BCUT2D eigenvalue weighted by Crippen LogP contribution is -2.14. The van der Waals surface area contributed by atoms with Crippen LogP contribution in [0.5, 0.6) is 5.75 Å². The molecule has 21 heavy (non-hydrogen) atoms. The number of para-hydroxylation sites is 2. The van der Waals surface area contributed by atoms with Crippen LogP contribution in [0.3, 0.4) is 0 Å². The van der Waals surface area contributed by atoms with Gasteiger partial charge in [-0.25, -0.2) is 8.42 Å². The van der Waals surface area contributed by atoms with Gasteiger partial charge in [0.25, 0.3) is 10.0 Å². The van der Waals surface area contributed by atoms with Crippen molar-refractivity contribution < 1.29 is 13.2 Å². The molecule has 2 aromatic rings. The van der Waals surface area contributed by atoms with Gasteiger partial charge < -0.3 is 10.5 Å². The molecule has 0 aromatic heterocycles. The molecule has 3 N–H and O–H groups in total. The minimum absolute atomic E-state index is 0.0736. The van der Waals surface area contributed by atoms with Crippen molar-refractivity contribution in [1.82, 2.24) is 0 Å². The first kappa shape index (κ1) is 15.5. The number of ether oxygens (including phenoxy) is 1.